The van der Waals surface area contributed by atoms with Crippen LogP contribution in [-0.4, -0.2) is 29.6 Å². The molecule has 0 bridgehead atoms. The van der Waals surface area contributed by atoms with Crippen LogP contribution in [0, 0.1) is 0 Å². The van der Waals surface area contributed by atoms with Crippen LogP contribution < -0.4 is 11.1 Å². The summed E-state index contributed by atoms with van der Waals surface area (Å²) in [6.07, 6.45) is 26.6. The standard InChI is InChI=1S/C26H50N2O3/c1-2-3-4-5-6-7-8-9-10-11-12-13-14-15-16-17-18-22-25(29)28-23-20-19-21-24(27)26(30)31/h2-3,24H,4-23,27H2,1H3,(H,28,29)(H,30,31)/b3-2+/t24-/m0/s1. The minimum atomic E-state index is -0.957. The molecule has 1 atom stereocenters. The quantitative estimate of drug-likeness (QED) is 0.125. The summed E-state index contributed by atoms with van der Waals surface area (Å²) >= 11 is 0. The average molecular weight is 439 g/mol. The molecule has 31 heavy (non-hydrogen) atoms. The van der Waals surface area contributed by atoms with Gasteiger partial charge in [-0.3, -0.25) is 9.59 Å². The maximum absolute atomic E-state index is 11.8. The number of carboxylic acid groups (broad SMARTS) is 1. The van der Waals surface area contributed by atoms with E-state index in [9.17, 15) is 9.59 Å². The molecule has 0 fully saturated rings. The molecule has 0 unspecified atom stereocenters. The van der Waals surface area contributed by atoms with Crippen LogP contribution in [0.5, 0.6) is 0 Å². The molecule has 182 valence electrons. The van der Waals surface area contributed by atoms with Crippen molar-refractivity contribution in [3.8, 4) is 0 Å². The van der Waals surface area contributed by atoms with Gasteiger partial charge in [0.1, 0.15) is 6.04 Å². The third-order valence-electron chi connectivity index (χ3n) is 5.84. The average Bonchev–Trinajstić information content (AvgIpc) is 2.75. The Hall–Kier alpha value is -1.36. The van der Waals surface area contributed by atoms with Crippen molar-refractivity contribution in [3.05, 3.63) is 12.2 Å². The summed E-state index contributed by atoms with van der Waals surface area (Å²) in [4.78, 5) is 22.4. The fourth-order valence-corrected chi connectivity index (χ4v) is 3.76. The molecule has 5 nitrogen and oxygen atoms in total. The zero-order valence-corrected chi connectivity index (χ0v) is 20.2. The van der Waals surface area contributed by atoms with Crippen LogP contribution in [-0.2, 0) is 9.59 Å². The Morgan fingerprint density at radius 3 is 1.74 bits per heavy atom. The summed E-state index contributed by atoms with van der Waals surface area (Å²) in [7, 11) is 0. The monoisotopic (exact) mass is 438 g/mol. The van der Waals surface area contributed by atoms with Crippen molar-refractivity contribution in [2.24, 2.45) is 5.73 Å². The van der Waals surface area contributed by atoms with E-state index in [1.165, 1.54) is 83.5 Å². The van der Waals surface area contributed by atoms with E-state index in [0.29, 0.717) is 19.4 Å². The van der Waals surface area contributed by atoms with Gasteiger partial charge in [-0.05, 0) is 45.4 Å². The van der Waals surface area contributed by atoms with Gasteiger partial charge in [0.15, 0.2) is 0 Å². The van der Waals surface area contributed by atoms with Crippen LogP contribution in [0.25, 0.3) is 0 Å². The van der Waals surface area contributed by atoms with Gasteiger partial charge in [0.2, 0.25) is 5.91 Å². The maximum Gasteiger partial charge on any atom is 0.320 e. The molecule has 0 aliphatic carbocycles. The van der Waals surface area contributed by atoms with Gasteiger partial charge in [-0.25, -0.2) is 0 Å². The lowest BCUT2D eigenvalue weighted by atomic mass is 10.0. The van der Waals surface area contributed by atoms with Gasteiger partial charge in [-0.2, -0.15) is 0 Å². The summed E-state index contributed by atoms with van der Waals surface area (Å²) in [5, 5.41) is 11.6. The van der Waals surface area contributed by atoms with Crippen molar-refractivity contribution in [1.82, 2.24) is 5.32 Å². The minimum Gasteiger partial charge on any atom is -0.480 e. The summed E-state index contributed by atoms with van der Waals surface area (Å²) in [5.74, 6) is -0.846. The third-order valence-corrected chi connectivity index (χ3v) is 5.84. The lowest BCUT2D eigenvalue weighted by Gasteiger charge is -2.07. The summed E-state index contributed by atoms with van der Waals surface area (Å²) in [5.41, 5.74) is 5.45. The molecule has 0 spiro atoms. The molecule has 0 aromatic heterocycles. The van der Waals surface area contributed by atoms with E-state index < -0.39 is 12.0 Å². The first-order valence-electron chi connectivity index (χ1n) is 12.9. The normalized spacial score (nSPS) is 12.3. The van der Waals surface area contributed by atoms with Crippen LogP contribution in [0.15, 0.2) is 12.2 Å². The van der Waals surface area contributed by atoms with Gasteiger partial charge in [0.05, 0.1) is 0 Å². The van der Waals surface area contributed by atoms with Gasteiger partial charge in [0, 0.05) is 13.0 Å². The molecule has 5 heteroatoms. The van der Waals surface area contributed by atoms with Gasteiger partial charge in [0.25, 0.3) is 0 Å². The predicted octanol–water partition coefficient (Wildman–Crippen LogP) is 6.50. The van der Waals surface area contributed by atoms with Crippen LogP contribution >= 0.6 is 0 Å². The number of nitrogens with two attached hydrogens (primary N) is 1. The van der Waals surface area contributed by atoms with Crippen molar-refractivity contribution >= 4 is 11.9 Å². The number of allylic oxidation sites excluding steroid dienone is 2. The Bertz CT molecular complexity index is 452. The number of carbonyl (C=O) groups is 2. The molecule has 0 rings (SSSR count). The Morgan fingerprint density at radius 2 is 1.26 bits per heavy atom. The fraction of sp³-hybridized carbons (Fsp3) is 0.846. The second-order valence-electron chi connectivity index (χ2n) is 8.85. The molecule has 0 radical (unpaired) electrons. The SMILES string of the molecule is C/C=C/CCCCCCCCCCCCCCCCC(=O)NCCCC[C@H](N)C(=O)O. The molecular formula is C26H50N2O3. The molecule has 0 aromatic carbocycles. The van der Waals surface area contributed by atoms with Crippen LogP contribution in [0.1, 0.15) is 129 Å². The highest BCUT2D eigenvalue weighted by molar-refractivity contribution is 5.75. The zero-order valence-electron chi connectivity index (χ0n) is 20.2. The lowest BCUT2D eigenvalue weighted by Crippen LogP contribution is -2.30. The third kappa shape index (κ3) is 23.1. The highest BCUT2D eigenvalue weighted by Crippen LogP contribution is 2.13. The van der Waals surface area contributed by atoms with Crippen molar-refractivity contribution < 1.29 is 14.7 Å². The smallest absolute Gasteiger partial charge is 0.320 e. The van der Waals surface area contributed by atoms with Gasteiger partial charge >= 0.3 is 5.97 Å². The van der Waals surface area contributed by atoms with Crippen molar-refractivity contribution in [1.29, 1.82) is 0 Å². The molecule has 4 N–H and O–H groups in total. The number of hydrogen-bond donors (Lipinski definition) is 3. The van der Waals surface area contributed by atoms with E-state index in [1.54, 1.807) is 0 Å². The number of amides is 1. The molecule has 0 saturated carbocycles. The largest absolute Gasteiger partial charge is 0.480 e. The first kappa shape index (κ1) is 29.6. The molecule has 1 amide bonds. The Labute approximate surface area is 191 Å². The van der Waals surface area contributed by atoms with Crippen LogP contribution in [0.4, 0.5) is 0 Å². The highest BCUT2D eigenvalue weighted by Gasteiger charge is 2.10. The Morgan fingerprint density at radius 1 is 0.774 bits per heavy atom. The molecular weight excluding hydrogens is 388 g/mol. The first-order valence-corrected chi connectivity index (χ1v) is 12.9. The number of nitrogens with one attached hydrogen (secondary N) is 1. The molecule has 0 aromatic rings. The summed E-state index contributed by atoms with van der Waals surface area (Å²) in [6, 6.07) is -0.788. The first-order chi connectivity index (χ1) is 15.1. The maximum atomic E-state index is 11.8. The van der Waals surface area contributed by atoms with Crippen LogP contribution in [0.2, 0.25) is 0 Å². The van der Waals surface area contributed by atoms with Crippen molar-refractivity contribution in [2.75, 3.05) is 6.54 Å². The van der Waals surface area contributed by atoms with Gasteiger partial charge < -0.3 is 16.2 Å². The predicted molar refractivity (Wildman–Crippen MR) is 131 cm³/mol. The number of carbonyl (C=O) groups excluding carboxylic acids is 1. The number of unbranched alkanes of at least 4 members (excludes halogenated alkanes) is 15. The van der Waals surface area contributed by atoms with E-state index in [2.05, 4.69) is 24.4 Å². The summed E-state index contributed by atoms with van der Waals surface area (Å²) < 4.78 is 0. The van der Waals surface area contributed by atoms with Crippen molar-refractivity contribution in [3.63, 3.8) is 0 Å². The van der Waals surface area contributed by atoms with Crippen molar-refractivity contribution in [2.45, 2.75) is 135 Å². The molecule has 0 aliphatic heterocycles. The number of rotatable bonds is 23. The van der Waals surface area contributed by atoms with Gasteiger partial charge in [-0.15, -0.1) is 0 Å². The number of hydrogen-bond acceptors (Lipinski definition) is 3. The lowest BCUT2D eigenvalue weighted by molar-refractivity contribution is -0.138. The number of carboxylic acids is 1. The molecule has 0 aliphatic rings. The fourth-order valence-electron chi connectivity index (χ4n) is 3.76. The molecule has 0 heterocycles. The Kier molecular flexibility index (Phi) is 22.3. The van der Waals surface area contributed by atoms with E-state index in [0.717, 1.165) is 25.7 Å². The number of aliphatic carboxylic acids is 1. The summed E-state index contributed by atoms with van der Waals surface area (Å²) in [6.45, 7) is 2.71. The van der Waals surface area contributed by atoms with E-state index >= 15 is 0 Å². The van der Waals surface area contributed by atoms with E-state index in [1.807, 2.05) is 0 Å². The van der Waals surface area contributed by atoms with Gasteiger partial charge in [-0.1, -0.05) is 89.2 Å². The van der Waals surface area contributed by atoms with Crippen LogP contribution in [0.3, 0.4) is 0 Å². The zero-order chi connectivity index (χ0) is 23.0. The second kappa shape index (κ2) is 23.3. The van der Waals surface area contributed by atoms with E-state index in [4.69, 9.17) is 10.8 Å². The second-order valence-corrected chi connectivity index (χ2v) is 8.85. The highest BCUT2D eigenvalue weighted by atomic mass is 16.4. The minimum absolute atomic E-state index is 0.111. The topological polar surface area (TPSA) is 92.4 Å². The molecule has 0 saturated heterocycles. The van der Waals surface area contributed by atoms with E-state index in [-0.39, 0.29) is 5.91 Å². The Balaban J connectivity index is 3.20.